The summed E-state index contributed by atoms with van der Waals surface area (Å²) in [6.07, 6.45) is 0. The molecule has 0 fully saturated rings. The second-order valence-electron chi connectivity index (χ2n) is 6.71. The van der Waals surface area contributed by atoms with Gasteiger partial charge < -0.3 is 11.1 Å². The summed E-state index contributed by atoms with van der Waals surface area (Å²) in [6.45, 7) is 1.80. The number of anilines is 3. The van der Waals surface area contributed by atoms with Crippen molar-refractivity contribution in [1.82, 2.24) is 14.2 Å². The number of nitrogens with two attached hydrogens (primary N) is 1. The molecule has 4 rings (SSSR count). The average Bonchev–Trinajstić information content (AvgIpc) is 3.15. The molecule has 0 aliphatic heterocycles. The summed E-state index contributed by atoms with van der Waals surface area (Å²) < 4.78 is 27.2. The largest absolute Gasteiger partial charge is 0.367 e. The number of rotatable bonds is 4. The molecule has 9 nitrogen and oxygen atoms in total. The first-order valence-electron chi connectivity index (χ1n) is 9.02. The van der Waals surface area contributed by atoms with Crippen LogP contribution >= 0.6 is 0 Å². The Hall–Kier alpha value is -4.41. The van der Waals surface area contributed by atoms with Crippen LogP contribution in [0.25, 0.3) is 10.8 Å². The summed E-state index contributed by atoms with van der Waals surface area (Å²) in [6, 6.07) is 18.6. The SMILES string of the molecule is Cc1cc(C#N)ccc1Nc1nc(N)n(S(=O)(=O)c2cccc3cc(C#N)ccc23)n1. The maximum Gasteiger partial charge on any atom is 0.286 e. The van der Waals surface area contributed by atoms with E-state index in [1.807, 2.05) is 6.07 Å². The molecule has 31 heavy (non-hydrogen) atoms. The number of aryl methyl sites for hydroxylation is 1. The Morgan fingerprint density at radius 1 is 1.03 bits per heavy atom. The average molecular weight is 429 g/mol. The van der Waals surface area contributed by atoms with Gasteiger partial charge in [-0.2, -0.15) is 23.9 Å². The molecule has 152 valence electrons. The van der Waals surface area contributed by atoms with Crippen LogP contribution in [0.4, 0.5) is 17.6 Å². The van der Waals surface area contributed by atoms with E-state index in [9.17, 15) is 8.42 Å². The van der Waals surface area contributed by atoms with Gasteiger partial charge in [0, 0.05) is 11.1 Å². The molecule has 0 atom stereocenters. The van der Waals surface area contributed by atoms with Gasteiger partial charge in [0.25, 0.3) is 10.0 Å². The van der Waals surface area contributed by atoms with Crippen LogP contribution in [-0.4, -0.2) is 22.6 Å². The normalized spacial score (nSPS) is 11.1. The molecule has 0 radical (unpaired) electrons. The zero-order chi connectivity index (χ0) is 22.2. The van der Waals surface area contributed by atoms with Crippen molar-refractivity contribution in [3.05, 3.63) is 71.3 Å². The zero-order valence-corrected chi connectivity index (χ0v) is 17.1. The predicted octanol–water partition coefficient (Wildman–Crippen LogP) is 3.05. The van der Waals surface area contributed by atoms with Gasteiger partial charge in [0.1, 0.15) is 0 Å². The third-order valence-corrected chi connectivity index (χ3v) is 6.31. The third kappa shape index (κ3) is 3.52. The molecule has 3 N–H and O–H groups in total. The number of nitriles is 2. The van der Waals surface area contributed by atoms with Crippen molar-refractivity contribution < 1.29 is 8.42 Å². The lowest BCUT2D eigenvalue weighted by Crippen LogP contribution is -2.17. The van der Waals surface area contributed by atoms with E-state index in [-0.39, 0.29) is 16.8 Å². The van der Waals surface area contributed by atoms with E-state index in [0.717, 1.165) is 5.56 Å². The molecule has 3 aromatic carbocycles. The van der Waals surface area contributed by atoms with Gasteiger partial charge in [0.15, 0.2) is 0 Å². The predicted molar refractivity (Wildman–Crippen MR) is 115 cm³/mol. The van der Waals surface area contributed by atoms with E-state index in [2.05, 4.69) is 21.5 Å². The minimum absolute atomic E-state index is 0.000820. The van der Waals surface area contributed by atoms with Crippen LogP contribution in [0.2, 0.25) is 0 Å². The fourth-order valence-corrected chi connectivity index (χ4v) is 4.55. The number of nitrogens with zero attached hydrogens (tertiary/aromatic N) is 5. The third-order valence-electron chi connectivity index (χ3n) is 4.68. The van der Waals surface area contributed by atoms with Gasteiger partial charge >= 0.3 is 0 Å². The van der Waals surface area contributed by atoms with Crippen molar-refractivity contribution >= 4 is 38.4 Å². The van der Waals surface area contributed by atoms with E-state index >= 15 is 0 Å². The molecule has 10 heteroatoms. The Bertz CT molecular complexity index is 1530. The first kappa shape index (κ1) is 19.9. The lowest BCUT2D eigenvalue weighted by molar-refractivity contribution is 0.582. The molecule has 1 aromatic heterocycles. The van der Waals surface area contributed by atoms with E-state index in [0.29, 0.717) is 31.7 Å². The highest BCUT2D eigenvalue weighted by atomic mass is 32.2. The van der Waals surface area contributed by atoms with Crippen LogP contribution in [0.1, 0.15) is 16.7 Å². The molecule has 0 amide bonds. The number of nitrogens with one attached hydrogen (secondary N) is 1. The first-order valence-corrected chi connectivity index (χ1v) is 10.5. The Labute approximate surface area is 178 Å². The number of fused-ring (bicyclic) bond motifs is 1. The van der Waals surface area contributed by atoms with Gasteiger partial charge in [-0.1, -0.05) is 18.2 Å². The topological polar surface area (TPSA) is 150 Å². The Kier molecular flexibility index (Phi) is 4.78. The molecule has 0 aliphatic carbocycles. The van der Waals surface area contributed by atoms with Crippen molar-refractivity contribution in [1.29, 1.82) is 10.5 Å². The summed E-state index contributed by atoms with van der Waals surface area (Å²) in [5.74, 6) is -0.305. The van der Waals surface area contributed by atoms with Crippen LogP contribution in [0.15, 0.2) is 59.5 Å². The van der Waals surface area contributed by atoms with E-state index < -0.39 is 10.0 Å². The van der Waals surface area contributed by atoms with Gasteiger partial charge in [-0.25, -0.2) is 0 Å². The van der Waals surface area contributed by atoms with Gasteiger partial charge in [0.05, 0.1) is 28.2 Å². The second-order valence-corrected chi connectivity index (χ2v) is 8.45. The number of nitrogen functional groups attached to an aromatic ring is 1. The van der Waals surface area contributed by atoms with Crippen LogP contribution in [-0.2, 0) is 10.0 Å². The summed E-state index contributed by atoms with van der Waals surface area (Å²) in [4.78, 5) is 4.01. The molecular weight excluding hydrogens is 414 g/mol. The van der Waals surface area contributed by atoms with Crippen LogP contribution < -0.4 is 11.1 Å². The van der Waals surface area contributed by atoms with Crippen LogP contribution in [0.5, 0.6) is 0 Å². The molecule has 0 bridgehead atoms. The van der Waals surface area contributed by atoms with Crippen molar-refractivity contribution in [2.24, 2.45) is 0 Å². The standard InChI is InChI=1S/C21H15N7O2S/c1-13-9-14(11-22)6-8-18(13)25-21-26-20(24)28(27-21)31(29,30)19-4-2-3-16-10-15(12-23)5-7-17(16)19/h2-10H,1H3,(H3,24,25,26,27). The number of benzene rings is 3. The van der Waals surface area contributed by atoms with E-state index in [1.54, 1.807) is 55.5 Å². The molecule has 4 aromatic rings. The Balaban J connectivity index is 1.76. The molecule has 0 saturated carbocycles. The summed E-state index contributed by atoms with van der Waals surface area (Å²) in [5.41, 5.74) is 8.17. The number of hydrogen-bond donors (Lipinski definition) is 2. The lowest BCUT2D eigenvalue weighted by atomic mass is 10.1. The molecule has 0 aliphatic rings. The zero-order valence-electron chi connectivity index (χ0n) is 16.2. The molecule has 1 heterocycles. The smallest absolute Gasteiger partial charge is 0.286 e. The Morgan fingerprint density at radius 2 is 1.74 bits per heavy atom. The number of hydrogen-bond acceptors (Lipinski definition) is 8. The highest BCUT2D eigenvalue weighted by Crippen LogP contribution is 2.27. The van der Waals surface area contributed by atoms with Crippen LogP contribution in [0.3, 0.4) is 0 Å². The highest BCUT2D eigenvalue weighted by Gasteiger charge is 2.25. The quantitative estimate of drug-likeness (QED) is 0.502. The van der Waals surface area contributed by atoms with E-state index in [4.69, 9.17) is 16.3 Å². The van der Waals surface area contributed by atoms with Crippen molar-refractivity contribution in [3.63, 3.8) is 0 Å². The monoisotopic (exact) mass is 429 g/mol. The van der Waals surface area contributed by atoms with Gasteiger partial charge in [-0.15, -0.1) is 9.19 Å². The van der Waals surface area contributed by atoms with Crippen molar-refractivity contribution in [3.8, 4) is 12.1 Å². The maximum atomic E-state index is 13.3. The van der Waals surface area contributed by atoms with Crippen molar-refractivity contribution in [2.75, 3.05) is 11.1 Å². The summed E-state index contributed by atoms with van der Waals surface area (Å²) in [7, 11) is -4.16. The molecule has 0 saturated heterocycles. The lowest BCUT2D eigenvalue weighted by Gasteiger charge is -2.09. The molecule has 0 unspecified atom stereocenters. The fourth-order valence-electron chi connectivity index (χ4n) is 3.18. The summed E-state index contributed by atoms with van der Waals surface area (Å²) in [5, 5.41) is 26.1. The minimum Gasteiger partial charge on any atom is -0.367 e. The summed E-state index contributed by atoms with van der Waals surface area (Å²) >= 11 is 0. The maximum absolute atomic E-state index is 13.3. The first-order chi connectivity index (χ1) is 14.8. The molecule has 0 spiro atoms. The Morgan fingerprint density at radius 3 is 2.45 bits per heavy atom. The minimum atomic E-state index is -4.16. The van der Waals surface area contributed by atoms with Crippen LogP contribution in [0, 0.1) is 29.6 Å². The highest BCUT2D eigenvalue weighted by molar-refractivity contribution is 7.90. The van der Waals surface area contributed by atoms with Gasteiger partial charge in [-0.05, 0) is 54.3 Å². The van der Waals surface area contributed by atoms with Gasteiger partial charge in [0.2, 0.25) is 11.9 Å². The van der Waals surface area contributed by atoms with E-state index in [1.165, 1.54) is 6.07 Å². The van der Waals surface area contributed by atoms with Crippen molar-refractivity contribution in [2.45, 2.75) is 11.8 Å². The number of aromatic nitrogens is 3. The van der Waals surface area contributed by atoms with Gasteiger partial charge in [-0.3, -0.25) is 0 Å². The second kappa shape index (κ2) is 7.44. The fraction of sp³-hybridized carbons (Fsp3) is 0.0476. The molecular formula is C21H15N7O2S.